The van der Waals surface area contributed by atoms with Crippen molar-refractivity contribution in [3.63, 3.8) is 0 Å². The van der Waals surface area contributed by atoms with Crippen LogP contribution in [-0.4, -0.2) is 31.2 Å². The van der Waals surface area contributed by atoms with Crippen molar-refractivity contribution < 1.29 is 9.53 Å². The normalized spacial score (nSPS) is 34.2. The maximum Gasteiger partial charge on any atom is 0.224 e. The first-order chi connectivity index (χ1) is 8.59. The summed E-state index contributed by atoms with van der Waals surface area (Å²) >= 11 is 0. The van der Waals surface area contributed by atoms with Gasteiger partial charge in [0.15, 0.2) is 0 Å². The maximum absolute atomic E-state index is 12.2. The van der Waals surface area contributed by atoms with E-state index in [0.29, 0.717) is 5.92 Å². The highest BCUT2D eigenvalue weighted by molar-refractivity contribution is 5.80. The number of hydrogen-bond donors (Lipinski definition) is 2. The Balaban J connectivity index is 1.79. The first kappa shape index (κ1) is 13.8. The Kier molecular flexibility index (Phi) is 4.62. The Morgan fingerprint density at radius 2 is 2.06 bits per heavy atom. The molecule has 18 heavy (non-hydrogen) atoms. The molecule has 0 radical (unpaired) electrons. The Bertz CT molecular complexity index is 286. The van der Waals surface area contributed by atoms with Gasteiger partial charge in [0.2, 0.25) is 5.91 Å². The molecule has 2 fully saturated rings. The van der Waals surface area contributed by atoms with Crippen LogP contribution < -0.4 is 11.1 Å². The third-order valence-electron chi connectivity index (χ3n) is 4.48. The zero-order chi connectivity index (χ0) is 13.0. The highest BCUT2D eigenvalue weighted by Gasteiger charge is 2.37. The van der Waals surface area contributed by atoms with Crippen molar-refractivity contribution in [1.82, 2.24) is 5.32 Å². The second-order valence-electron chi connectivity index (χ2n) is 6.11. The minimum atomic E-state index is -0.321. The predicted molar refractivity (Wildman–Crippen MR) is 71.1 cm³/mol. The standard InChI is InChI=1S/C14H26N2O2/c1-14(15)7-3-2-4-12(14)13(17)16-10-11-5-8-18-9-6-11/h11-12H,2-10,15H2,1H3,(H,16,17). The van der Waals surface area contributed by atoms with Gasteiger partial charge >= 0.3 is 0 Å². The molecule has 0 bridgehead atoms. The fraction of sp³-hybridized carbons (Fsp3) is 0.929. The fourth-order valence-corrected chi connectivity index (χ4v) is 3.11. The molecule has 2 rings (SSSR count). The minimum absolute atomic E-state index is 0.00825. The summed E-state index contributed by atoms with van der Waals surface area (Å²) in [6.45, 7) is 4.47. The van der Waals surface area contributed by atoms with E-state index in [-0.39, 0.29) is 17.4 Å². The Morgan fingerprint density at radius 3 is 2.72 bits per heavy atom. The molecule has 2 atom stereocenters. The van der Waals surface area contributed by atoms with E-state index < -0.39 is 0 Å². The molecule has 2 aliphatic rings. The van der Waals surface area contributed by atoms with E-state index in [1.165, 1.54) is 0 Å². The van der Waals surface area contributed by atoms with Gasteiger partial charge in [-0.05, 0) is 38.5 Å². The number of rotatable bonds is 3. The third-order valence-corrected chi connectivity index (χ3v) is 4.48. The Labute approximate surface area is 110 Å². The SMILES string of the molecule is CC1(N)CCCCC1C(=O)NCC1CCOCC1. The van der Waals surface area contributed by atoms with Crippen molar-refractivity contribution in [3.05, 3.63) is 0 Å². The van der Waals surface area contributed by atoms with Gasteiger partial charge in [-0.3, -0.25) is 4.79 Å². The lowest BCUT2D eigenvalue weighted by atomic mass is 9.74. The second kappa shape index (κ2) is 6.02. The van der Waals surface area contributed by atoms with Gasteiger partial charge in [-0.15, -0.1) is 0 Å². The molecule has 1 heterocycles. The summed E-state index contributed by atoms with van der Waals surface area (Å²) in [6, 6.07) is 0. The van der Waals surface area contributed by atoms with E-state index in [0.717, 1.165) is 58.3 Å². The van der Waals surface area contributed by atoms with Crippen LogP contribution >= 0.6 is 0 Å². The molecule has 1 saturated carbocycles. The molecule has 0 aromatic carbocycles. The second-order valence-corrected chi connectivity index (χ2v) is 6.11. The van der Waals surface area contributed by atoms with E-state index >= 15 is 0 Å². The van der Waals surface area contributed by atoms with Crippen LogP contribution in [0.15, 0.2) is 0 Å². The molecule has 1 saturated heterocycles. The quantitative estimate of drug-likeness (QED) is 0.801. The van der Waals surface area contributed by atoms with E-state index in [2.05, 4.69) is 5.32 Å². The molecule has 0 spiro atoms. The van der Waals surface area contributed by atoms with Gasteiger partial charge in [-0.25, -0.2) is 0 Å². The number of carbonyl (C=O) groups excluding carboxylic acids is 1. The van der Waals surface area contributed by atoms with Crippen molar-refractivity contribution in [1.29, 1.82) is 0 Å². The van der Waals surface area contributed by atoms with Gasteiger partial charge in [0, 0.05) is 25.3 Å². The average molecular weight is 254 g/mol. The van der Waals surface area contributed by atoms with Crippen molar-refractivity contribution >= 4 is 5.91 Å². The van der Waals surface area contributed by atoms with E-state index in [4.69, 9.17) is 10.5 Å². The van der Waals surface area contributed by atoms with Crippen LogP contribution in [0.1, 0.15) is 45.4 Å². The van der Waals surface area contributed by atoms with Gasteiger partial charge in [0.1, 0.15) is 0 Å². The molecule has 2 unspecified atom stereocenters. The lowest BCUT2D eigenvalue weighted by Gasteiger charge is -2.37. The molecule has 104 valence electrons. The van der Waals surface area contributed by atoms with Crippen molar-refractivity contribution in [2.24, 2.45) is 17.6 Å². The van der Waals surface area contributed by atoms with Crippen LogP contribution in [0, 0.1) is 11.8 Å². The van der Waals surface area contributed by atoms with Crippen LogP contribution in [0.5, 0.6) is 0 Å². The van der Waals surface area contributed by atoms with Gasteiger partial charge in [-0.1, -0.05) is 12.8 Å². The molecule has 1 aliphatic carbocycles. The number of carbonyl (C=O) groups is 1. The first-order valence-corrected chi connectivity index (χ1v) is 7.24. The van der Waals surface area contributed by atoms with Gasteiger partial charge < -0.3 is 15.8 Å². The molecule has 4 nitrogen and oxygen atoms in total. The zero-order valence-electron chi connectivity index (χ0n) is 11.4. The van der Waals surface area contributed by atoms with Crippen molar-refractivity contribution in [3.8, 4) is 0 Å². The topological polar surface area (TPSA) is 64.4 Å². The zero-order valence-corrected chi connectivity index (χ0v) is 11.4. The van der Waals surface area contributed by atoms with Crippen molar-refractivity contribution in [2.45, 2.75) is 51.0 Å². The number of hydrogen-bond acceptors (Lipinski definition) is 3. The van der Waals surface area contributed by atoms with Crippen LogP contribution in [0.2, 0.25) is 0 Å². The average Bonchev–Trinajstić information content (AvgIpc) is 2.37. The largest absolute Gasteiger partial charge is 0.381 e. The van der Waals surface area contributed by atoms with Crippen LogP contribution in [0.25, 0.3) is 0 Å². The Hall–Kier alpha value is -0.610. The lowest BCUT2D eigenvalue weighted by Crippen LogP contribution is -2.53. The van der Waals surface area contributed by atoms with Crippen LogP contribution in [0.4, 0.5) is 0 Å². The van der Waals surface area contributed by atoms with E-state index in [1.54, 1.807) is 0 Å². The minimum Gasteiger partial charge on any atom is -0.381 e. The summed E-state index contributed by atoms with van der Waals surface area (Å²) in [7, 11) is 0. The van der Waals surface area contributed by atoms with Gasteiger partial charge in [0.25, 0.3) is 0 Å². The van der Waals surface area contributed by atoms with E-state index in [1.807, 2.05) is 6.92 Å². The third kappa shape index (κ3) is 3.45. The summed E-state index contributed by atoms with van der Waals surface area (Å²) in [5.74, 6) is 0.729. The molecule has 0 aromatic heterocycles. The first-order valence-electron chi connectivity index (χ1n) is 7.24. The lowest BCUT2D eigenvalue weighted by molar-refractivity contribution is -0.128. The van der Waals surface area contributed by atoms with Crippen LogP contribution in [-0.2, 0) is 9.53 Å². The maximum atomic E-state index is 12.2. The molecule has 3 N–H and O–H groups in total. The number of nitrogens with one attached hydrogen (secondary N) is 1. The molecular formula is C14H26N2O2. The highest BCUT2D eigenvalue weighted by Crippen LogP contribution is 2.31. The molecule has 4 heteroatoms. The Morgan fingerprint density at radius 1 is 1.33 bits per heavy atom. The summed E-state index contributed by atoms with van der Waals surface area (Å²) in [6.07, 6.45) is 6.30. The monoisotopic (exact) mass is 254 g/mol. The summed E-state index contributed by atoms with van der Waals surface area (Å²) < 4.78 is 5.32. The summed E-state index contributed by atoms with van der Waals surface area (Å²) in [5.41, 5.74) is 5.93. The number of nitrogens with two attached hydrogens (primary N) is 1. The summed E-state index contributed by atoms with van der Waals surface area (Å²) in [5, 5.41) is 3.10. The summed E-state index contributed by atoms with van der Waals surface area (Å²) in [4.78, 5) is 12.2. The van der Waals surface area contributed by atoms with E-state index in [9.17, 15) is 4.79 Å². The number of ether oxygens (including phenoxy) is 1. The highest BCUT2D eigenvalue weighted by atomic mass is 16.5. The van der Waals surface area contributed by atoms with Gasteiger partial charge in [-0.2, -0.15) is 0 Å². The molecule has 1 aliphatic heterocycles. The smallest absolute Gasteiger partial charge is 0.224 e. The molecule has 0 aromatic rings. The predicted octanol–water partition coefficient (Wildman–Crippen LogP) is 1.44. The van der Waals surface area contributed by atoms with Crippen LogP contribution in [0.3, 0.4) is 0 Å². The molecule has 1 amide bonds. The number of amides is 1. The van der Waals surface area contributed by atoms with Gasteiger partial charge in [0.05, 0.1) is 5.92 Å². The molecular weight excluding hydrogens is 228 g/mol. The fourth-order valence-electron chi connectivity index (χ4n) is 3.11. The van der Waals surface area contributed by atoms with Crippen molar-refractivity contribution in [2.75, 3.05) is 19.8 Å².